The van der Waals surface area contributed by atoms with Crippen LogP contribution >= 0.6 is 0 Å². The minimum Gasteiger partial charge on any atom is -0.384 e. The van der Waals surface area contributed by atoms with Gasteiger partial charge in [-0.1, -0.05) is 36.3 Å². The first-order valence-corrected chi connectivity index (χ1v) is 11.4. The molecule has 5 rings (SSSR count). The molecule has 1 N–H and O–H groups in total. The summed E-state index contributed by atoms with van der Waals surface area (Å²) in [7, 11) is 0. The zero-order valence-corrected chi connectivity index (χ0v) is 18.2. The number of nitrogens with zero attached hydrogens (tertiary/aromatic N) is 2. The van der Waals surface area contributed by atoms with Crippen LogP contribution in [-0.2, 0) is 4.74 Å². The number of nitrogens with one attached hydrogen (secondary N) is 1. The fraction of sp³-hybridized carbons (Fsp3) is 0.440. The highest BCUT2D eigenvalue weighted by Crippen LogP contribution is 2.46. The molecule has 0 spiro atoms. The second-order valence-corrected chi connectivity index (χ2v) is 8.60. The van der Waals surface area contributed by atoms with Crippen molar-refractivity contribution in [1.29, 1.82) is 0 Å². The van der Waals surface area contributed by atoms with Crippen LogP contribution in [0, 0.1) is 5.92 Å². The summed E-state index contributed by atoms with van der Waals surface area (Å²) in [6, 6.07) is 9.76. The molecule has 3 aromatic rings. The highest BCUT2D eigenvalue weighted by atomic mass is 16.5. The Hall–Kier alpha value is -2.86. The summed E-state index contributed by atoms with van der Waals surface area (Å²) < 4.78 is 11.3. The van der Waals surface area contributed by atoms with Gasteiger partial charge in [-0.3, -0.25) is 4.79 Å². The Kier molecular flexibility index (Phi) is 5.40. The van der Waals surface area contributed by atoms with E-state index in [1.165, 1.54) is 6.42 Å². The van der Waals surface area contributed by atoms with Crippen molar-refractivity contribution in [2.45, 2.75) is 33.1 Å². The normalized spacial score (nSPS) is 17.8. The second kappa shape index (κ2) is 8.35. The predicted octanol–water partition coefficient (Wildman–Crippen LogP) is 5.11. The number of carbonyl (C=O) groups excluding carboxylic acids is 1. The van der Waals surface area contributed by atoms with E-state index in [9.17, 15) is 4.79 Å². The average molecular weight is 420 g/mol. The van der Waals surface area contributed by atoms with Crippen LogP contribution in [0.15, 0.2) is 34.9 Å². The molecule has 162 valence electrons. The number of hydrogen-bond donors (Lipinski definition) is 1. The van der Waals surface area contributed by atoms with Crippen molar-refractivity contribution in [1.82, 2.24) is 5.16 Å². The van der Waals surface area contributed by atoms with Crippen LogP contribution in [0.2, 0.25) is 0 Å². The number of hydrogen-bond acceptors (Lipinski definition) is 6. The Labute approximate surface area is 182 Å². The smallest absolute Gasteiger partial charge is 0.196 e. The van der Waals surface area contributed by atoms with Crippen molar-refractivity contribution in [2.75, 3.05) is 43.1 Å². The van der Waals surface area contributed by atoms with E-state index in [0.717, 1.165) is 60.3 Å². The maximum atomic E-state index is 13.5. The molecule has 0 bridgehead atoms. The quantitative estimate of drug-likeness (QED) is 0.420. The van der Waals surface area contributed by atoms with Crippen molar-refractivity contribution in [3.05, 3.63) is 41.5 Å². The summed E-state index contributed by atoms with van der Waals surface area (Å²) in [4.78, 5) is 15.9. The molecule has 6 nitrogen and oxygen atoms in total. The molecule has 31 heavy (non-hydrogen) atoms. The number of carbonyl (C=O) groups is 1. The molecule has 1 saturated heterocycles. The first-order chi connectivity index (χ1) is 15.2. The van der Waals surface area contributed by atoms with Gasteiger partial charge >= 0.3 is 0 Å². The Morgan fingerprint density at radius 1 is 1.29 bits per heavy atom. The highest BCUT2D eigenvalue weighted by Gasteiger charge is 2.34. The zero-order valence-electron chi connectivity index (χ0n) is 18.2. The van der Waals surface area contributed by atoms with Gasteiger partial charge in [0, 0.05) is 49.7 Å². The Morgan fingerprint density at radius 2 is 2.13 bits per heavy atom. The van der Waals surface area contributed by atoms with Crippen LogP contribution in [0.4, 0.5) is 11.4 Å². The number of ketones is 1. The predicted molar refractivity (Wildman–Crippen MR) is 123 cm³/mol. The standard InChI is InChI=1S/C25H29N3O3/c1-3-30-13-7-11-26-19-14-20(28-12-6-8-16(2)15-28)23-22-21(19)24(29)17-9-4-5-10-18(17)25(22)31-27-23/h4-5,9-10,14,16,26H,3,6-8,11-13,15H2,1-2H3/t16-/m0/s1. The molecule has 1 fully saturated rings. The van der Waals surface area contributed by atoms with Crippen LogP contribution in [0.5, 0.6) is 0 Å². The Balaban J connectivity index is 1.63. The number of fused-ring (bicyclic) bond motifs is 2. The lowest BCUT2D eigenvalue weighted by atomic mass is 9.86. The van der Waals surface area contributed by atoms with Crippen LogP contribution in [0.1, 0.15) is 49.0 Å². The van der Waals surface area contributed by atoms with Crippen molar-refractivity contribution >= 4 is 28.1 Å². The van der Waals surface area contributed by atoms with Crippen molar-refractivity contribution in [3.8, 4) is 11.3 Å². The van der Waals surface area contributed by atoms with Crippen molar-refractivity contribution in [3.63, 3.8) is 0 Å². The number of piperidine rings is 1. The number of ether oxygens (including phenoxy) is 1. The van der Waals surface area contributed by atoms with Crippen LogP contribution in [-0.4, -0.2) is 43.8 Å². The molecule has 1 aromatic heterocycles. The molecule has 1 atom stereocenters. The molecule has 0 radical (unpaired) electrons. The third-order valence-electron chi connectivity index (χ3n) is 6.36. The Morgan fingerprint density at radius 3 is 2.94 bits per heavy atom. The fourth-order valence-electron chi connectivity index (χ4n) is 4.87. The number of benzene rings is 2. The van der Waals surface area contributed by atoms with Gasteiger partial charge in [-0.15, -0.1) is 0 Å². The summed E-state index contributed by atoms with van der Waals surface area (Å²) in [5.74, 6) is 1.36. The molecule has 2 aromatic carbocycles. The third kappa shape index (κ3) is 3.49. The van der Waals surface area contributed by atoms with Crippen molar-refractivity contribution in [2.24, 2.45) is 5.92 Å². The lowest BCUT2D eigenvalue weighted by molar-refractivity contribution is 0.104. The largest absolute Gasteiger partial charge is 0.384 e. The summed E-state index contributed by atoms with van der Waals surface area (Å²) in [5, 5.41) is 8.83. The maximum Gasteiger partial charge on any atom is 0.196 e. The van der Waals surface area contributed by atoms with Gasteiger partial charge in [-0.2, -0.15) is 0 Å². The van der Waals surface area contributed by atoms with Gasteiger partial charge in [-0.25, -0.2) is 0 Å². The summed E-state index contributed by atoms with van der Waals surface area (Å²) in [6.07, 6.45) is 3.28. The first kappa shape index (κ1) is 20.1. The lowest BCUT2D eigenvalue weighted by Gasteiger charge is -2.33. The minimum atomic E-state index is 0.0298. The van der Waals surface area contributed by atoms with E-state index >= 15 is 0 Å². The van der Waals surface area contributed by atoms with E-state index in [4.69, 9.17) is 9.26 Å². The summed E-state index contributed by atoms with van der Waals surface area (Å²) >= 11 is 0. The van der Waals surface area contributed by atoms with E-state index in [2.05, 4.69) is 28.4 Å². The molecule has 1 aliphatic heterocycles. The molecule has 2 heterocycles. The lowest BCUT2D eigenvalue weighted by Crippen LogP contribution is -2.34. The molecule has 0 unspecified atom stereocenters. The van der Waals surface area contributed by atoms with E-state index in [1.54, 1.807) is 0 Å². The van der Waals surface area contributed by atoms with Crippen molar-refractivity contribution < 1.29 is 14.1 Å². The van der Waals surface area contributed by atoms with Gasteiger partial charge in [0.15, 0.2) is 11.5 Å². The monoisotopic (exact) mass is 419 g/mol. The zero-order chi connectivity index (χ0) is 21.4. The topological polar surface area (TPSA) is 67.6 Å². The molecule has 6 heteroatoms. The Bertz CT molecular complexity index is 1120. The van der Waals surface area contributed by atoms with Gasteiger partial charge in [0.05, 0.1) is 16.6 Å². The van der Waals surface area contributed by atoms with E-state index < -0.39 is 0 Å². The second-order valence-electron chi connectivity index (χ2n) is 8.60. The van der Waals surface area contributed by atoms with Crippen LogP contribution in [0.3, 0.4) is 0 Å². The van der Waals surface area contributed by atoms with Crippen LogP contribution < -0.4 is 10.2 Å². The van der Waals surface area contributed by atoms with Gasteiger partial charge < -0.3 is 19.5 Å². The van der Waals surface area contributed by atoms with Gasteiger partial charge in [-0.05, 0) is 38.2 Å². The maximum absolute atomic E-state index is 13.5. The van der Waals surface area contributed by atoms with Crippen LogP contribution in [0.25, 0.3) is 22.2 Å². The van der Waals surface area contributed by atoms with Gasteiger partial charge in [0.25, 0.3) is 0 Å². The number of anilines is 2. The van der Waals surface area contributed by atoms with E-state index in [1.807, 2.05) is 31.2 Å². The summed E-state index contributed by atoms with van der Waals surface area (Å²) in [6.45, 7) is 8.44. The number of rotatable bonds is 7. The van der Waals surface area contributed by atoms with Gasteiger partial charge in [0.2, 0.25) is 0 Å². The fourth-order valence-corrected chi connectivity index (χ4v) is 4.87. The third-order valence-corrected chi connectivity index (χ3v) is 6.36. The summed E-state index contributed by atoms with van der Waals surface area (Å²) in [5.41, 5.74) is 4.89. The van der Waals surface area contributed by atoms with Gasteiger partial charge in [0.1, 0.15) is 5.52 Å². The molecule has 0 saturated carbocycles. The molecule has 0 amide bonds. The highest BCUT2D eigenvalue weighted by molar-refractivity contribution is 6.28. The first-order valence-electron chi connectivity index (χ1n) is 11.4. The molecular weight excluding hydrogens is 390 g/mol. The SMILES string of the molecule is CCOCCCNc1cc(N2CCC[C@H](C)C2)c2noc3c2c1C(=O)c1ccccc1-3. The minimum absolute atomic E-state index is 0.0298. The molecule has 2 aliphatic rings. The molecule has 1 aliphatic carbocycles. The number of aromatic nitrogens is 1. The van der Waals surface area contributed by atoms with E-state index in [0.29, 0.717) is 36.0 Å². The molecular formula is C25H29N3O3. The average Bonchev–Trinajstić information content (AvgIpc) is 3.23. The van der Waals surface area contributed by atoms with E-state index in [-0.39, 0.29) is 5.78 Å².